The molecule has 0 spiro atoms. The minimum Gasteiger partial charge on any atom is -0.334 e. The van der Waals surface area contributed by atoms with Gasteiger partial charge in [-0.1, -0.05) is 12.8 Å². The normalized spacial score (nSPS) is 25.7. The molecule has 0 aromatic carbocycles. The molecule has 22 heavy (non-hydrogen) atoms. The maximum atomic E-state index is 13.1. The van der Waals surface area contributed by atoms with Gasteiger partial charge in [-0.2, -0.15) is 24.9 Å². The van der Waals surface area contributed by atoms with Gasteiger partial charge in [-0.3, -0.25) is 9.78 Å². The van der Waals surface area contributed by atoms with E-state index in [4.69, 9.17) is 0 Å². The van der Waals surface area contributed by atoms with Crippen LogP contribution in [0.3, 0.4) is 0 Å². The Kier molecular flexibility index (Phi) is 4.34. The van der Waals surface area contributed by atoms with E-state index in [2.05, 4.69) is 4.98 Å². The Balaban J connectivity index is 1.90. The fourth-order valence-electron chi connectivity index (χ4n) is 3.31. The molecule has 0 bridgehead atoms. The first-order valence-corrected chi connectivity index (χ1v) is 8.48. The van der Waals surface area contributed by atoms with Gasteiger partial charge < -0.3 is 4.90 Å². The first-order chi connectivity index (χ1) is 10.5. The highest BCUT2D eigenvalue weighted by molar-refractivity contribution is 8.00. The highest BCUT2D eigenvalue weighted by Crippen LogP contribution is 2.37. The number of alkyl halides is 3. The van der Waals surface area contributed by atoms with Crippen LogP contribution in [0, 0.1) is 0 Å². The Morgan fingerprint density at radius 1 is 1.32 bits per heavy atom. The Morgan fingerprint density at radius 2 is 2.09 bits per heavy atom. The van der Waals surface area contributed by atoms with E-state index in [1.54, 1.807) is 4.90 Å². The topological polar surface area (TPSA) is 33.2 Å². The number of nitrogens with zero attached hydrogens (tertiary/aromatic N) is 2. The summed E-state index contributed by atoms with van der Waals surface area (Å²) < 4.78 is 39.2. The van der Waals surface area contributed by atoms with Crippen LogP contribution in [0.25, 0.3) is 0 Å². The van der Waals surface area contributed by atoms with Gasteiger partial charge in [-0.25, -0.2) is 0 Å². The number of halogens is 3. The first kappa shape index (κ1) is 15.6. The van der Waals surface area contributed by atoms with Crippen LogP contribution >= 0.6 is 11.8 Å². The molecule has 1 saturated carbocycles. The summed E-state index contributed by atoms with van der Waals surface area (Å²) in [5.74, 6) is 0.256. The van der Waals surface area contributed by atoms with Crippen molar-refractivity contribution in [2.24, 2.45) is 0 Å². The Labute approximate surface area is 131 Å². The van der Waals surface area contributed by atoms with Crippen LogP contribution in [-0.2, 0) is 6.18 Å². The van der Waals surface area contributed by atoms with Crippen molar-refractivity contribution < 1.29 is 18.0 Å². The Morgan fingerprint density at radius 3 is 2.86 bits per heavy atom. The second-order valence-electron chi connectivity index (χ2n) is 5.66. The summed E-state index contributed by atoms with van der Waals surface area (Å²) in [7, 11) is 0. The van der Waals surface area contributed by atoms with Gasteiger partial charge >= 0.3 is 6.18 Å². The Hall–Kier alpha value is -1.24. The predicted molar refractivity (Wildman–Crippen MR) is 78.8 cm³/mol. The van der Waals surface area contributed by atoms with Crippen molar-refractivity contribution in [2.45, 2.75) is 43.2 Å². The van der Waals surface area contributed by atoms with Gasteiger partial charge in [-0.05, 0) is 25.0 Å². The van der Waals surface area contributed by atoms with Crippen molar-refractivity contribution in [2.75, 3.05) is 12.3 Å². The van der Waals surface area contributed by atoms with Crippen LogP contribution < -0.4 is 0 Å². The van der Waals surface area contributed by atoms with Crippen molar-refractivity contribution in [3.8, 4) is 0 Å². The summed E-state index contributed by atoms with van der Waals surface area (Å²) in [6.07, 6.45) is 0.558. The first-order valence-electron chi connectivity index (χ1n) is 7.43. The number of fused-ring (bicyclic) bond motifs is 1. The standard InChI is InChI=1S/C15H17F3N2OS/c16-15(17,18)13-10(4-3-7-19-13)14(21)20-8-9-22-12-6-2-1-5-11(12)20/h3-4,7,11-12H,1-2,5-6,8-9H2/t11-,12+/m1/s1. The number of rotatable bonds is 1. The summed E-state index contributed by atoms with van der Waals surface area (Å²) in [4.78, 5) is 17.7. The summed E-state index contributed by atoms with van der Waals surface area (Å²) in [6, 6.07) is 2.68. The zero-order valence-electron chi connectivity index (χ0n) is 12.0. The average Bonchev–Trinajstić information content (AvgIpc) is 2.53. The van der Waals surface area contributed by atoms with Crippen molar-refractivity contribution in [1.82, 2.24) is 9.88 Å². The molecule has 0 N–H and O–H groups in total. The molecule has 2 heterocycles. The molecule has 1 saturated heterocycles. The van der Waals surface area contributed by atoms with Crippen LogP contribution in [0.4, 0.5) is 13.2 Å². The largest absolute Gasteiger partial charge is 0.434 e. The molecule has 0 radical (unpaired) electrons. The van der Waals surface area contributed by atoms with Gasteiger partial charge in [0.2, 0.25) is 0 Å². The molecule has 7 heteroatoms. The highest BCUT2D eigenvalue weighted by atomic mass is 32.2. The summed E-state index contributed by atoms with van der Waals surface area (Å²) in [5, 5.41) is 0.359. The smallest absolute Gasteiger partial charge is 0.334 e. The fraction of sp³-hybridized carbons (Fsp3) is 0.600. The van der Waals surface area contributed by atoms with Crippen LogP contribution in [-0.4, -0.2) is 39.4 Å². The van der Waals surface area contributed by atoms with E-state index in [0.717, 1.165) is 37.6 Å². The lowest BCUT2D eigenvalue weighted by atomic mass is 9.92. The van der Waals surface area contributed by atoms with E-state index in [0.29, 0.717) is 11.8 Å². The van der Waals surface area contributed by atoms with Crippen LogP contribution in [0.5, 0.6) is 0 Å². The summed E-state index contributed by atoms with van der Waals surface area (Å²) in [6.45, 7) is 0.511. The van der Waals surface area contributed by atoms with Gasteiger partial charge in [0.05, 0.1) is 5.56 Å². The van der Waals surface area contributed by atoms with Gasteiger partial charge in [0.15, 0.2) is 5.69 Å². The van der Waals surface area contributed by atoms with Gasteiger partial charge in [-0.15, -0.1) is 0 Å². The lowest BCUT2D eigenvalue weighted by Gasteiger charge is -2.43. The van der Waals surface area contributed by atoms with Crippen molar-refractivity contribution in [1.29, 1.82) is 0 Å². The van der Waals surface area contributed by atoms with Crippen LogP contribution in [0.15, 0.2) is 18.3 Å². The maximum absolute atomic E-state index is 13.1. The molecule has 0 unspecified atom stereocenters. The molecule has 1 aliphatic heterocycles. The molecular formula is C15H17F3N2OS. The number of hydrogen-bond donors (Lipinski definition) is 0. The summed E-state index contributed by atoms with van der Waals surface area (Å²) in [5.41, 5.74) is -1.41. The van der Waals surface area contributed by atoms with Gasteiger partial charge in [0.1, 0.15) is 0 Å². The molecule has 2 atom stereocenters. The quantitative estimate of drug-likeness (QED) is 0.789. The SMILES string of the molecule is O=C(c1cccnc1C(F)(F)F)N1CCS[C@H]2CCCC[C@H]21. The van der Waals surface area contributed by atoms with E-state index < -0.39 is 17.8 Å². The lowest BCUT2D eigenvalue weighted by Crippen LogP contribution is -2.52. The molecule has 2 aliphatic rings. The average molecular weight is 330 g/mol. The van der Waals surface area contributed by atoms with E-state index in [-0.39, 0.29) is 11.6 Å². The minimum absolute atomic E-state index is 0.0567. The fourth-order valence-corrected chi connectivity index (χ4v) is 4.75. The number of aromatic nitrogens is 1. The third kappa shape index (κ3) is 2.95. The third-order valence-corrected chi connectivity index (χ3v) is 5.70. The maximum Gasteiger partial charge on any atom is 0.434 e. The molecular weight excluding hydrogens is 313 g/mol. The number of thioether (sulfide) groups is 1. The van der Waals surface area contributed by atoms with Gasteiger partial charge in [0.25, 0.3) is 5.91 Å². The molecule has 1 aromatic rings. The number of hydrogen-bond acceptors (Lipinski definition) is 3. The third-order valence-electron chi connectivity index (χ3n) is 4.30. The van der Waals surface area contributed by atoms with E-state index >= 15 is 0 Å². The predicted octanol–water partition coefficient (Wildman–Crippen LogP) is 3.60. The Bertz CT molecular complexity index is 562. The number of amides is 1. The van der Waals surface area contributed by atoms with E-state index in [1.807, 2.05) is 11.8 Å². The molecule has 1 aromatic heterocycles. The highest BCUT2D eigenvalue weighted by Gasteiger charge is 2.41. The van der Waals surface area contributed by atoms with Crippen molar-refractivity contribution in [3.05, 3.63) is 29.6 Å². The zero-order valence-corrected chi connectivity index (χ0v) is 12.8. The van der Waals surface area contributed by atoms with Crippen LogP contribution in [0.1, 0.15) is 41.7 Å². The van der Waals surface area contributed by atoms with E-state index in [9.17, 15) is 18.0 Å². The molecule has 2 fully saturated rings. The number of carbonyl (C=O) groups is 1. The molecule has 120 valence electrons. The number of pyridine rings is 1. The molecule has 3 rings (SSSR count). The van der Waals surface area contributed by atoms with E-state index in [1.165, 1.54) is 12.1 Å². The second kappa shape index (κ2) is 6.10. The number of carbonyl (C=O) groups excluding carboxylic acids is 1. The lowest BCUT2D eigenvalue weighted by molar-refractivity contribution is -0.141. The molecule has 1 amide bonds. The van der Waals surface area contributed by atoms with Gasteiger partial charge in [0, 0.05) is 29.8 Å². The zero-order chi connectivity index (χ0) is 15.7. The molecule has 1 aliphatic carbocycles. The molecule has 3 nitrogen and oxygen atoms in total. The van der Waals surface area contributed by atoms with Crippen molar-refractivity contribution in [3.63, 3.8) is 0 Å². The van der Waals surface area contributed by atoms with Crippen molar-refractivity contribution >= 4 is 17.7 Å². The second-order valence-corrected chi connectivity index (χ2v) is 7.00. The monoisotopic (exact) mass is 330 g/mol. The van der Waals surface area contributed by atoms with Crippen LogP contribution in [0.2, 0.25) is 0 Å². The summed E-state index contributed by atoms with van der Waals surface area (Å²) >= 11 is 1.84. The minimum atomic E-state index is -4.61.